The van der Waals surface area contributed by atoms with E-state index >= 15 is 0 Å². The van der Waals surface area contributed by atoms with E-state index < -0.39 is 17.7 Å². The van der Waals surface area contributed by atoms with Crippen molar-refractivity contribution in [3.63, 3.8) is 0 Å². The number of carbonyl (C=O) groups is 1. The van der Waals surface area contributed by atoms with Crippen molar-refractivity contribution in [1.82, 2.24) is 4.98 Å². The van der Waals surface area contributed by atoms with Gasteiger partial charge in [0, 0.05) is 17.7 Å². The number of nitrogens with zero attached hydrogens (tertiary/aromatic N) is 1. The van der Waals surface area contributed by atoms with Crippen LogP contribution in [-0.2, 0) is 9.53 Å². The molecule has 0 amide bonds. The first-order valence-corrected chi connectivity index (χ1v) is 11.6. The predicted octanol–water partition coefficient (Wildman–Crippen LogP) is 4.79. The van der Waals surface area contributed by atoms with E-state index in [1.807, 2.05) is 55.6 Å². The van der Waals surface area contributed by atoms with Crippen molar-refractivity contribution in [3.05, 3.63) is 59.9 Å². The summed E-state index contributed by atoms with van der Waals surface area (Å²) in [5, 5.41) is 21.0. The number of hydrogen-bond donors (Lipinski definition) is 2. The number of aliphatic hydroxyl groups is 2. The lowest BCUT2D eigenvalue weighted by Crippen LogP contribution is -2.53. The summed E-state index contributed by atoms with van der Waals surface area (Å²) in [4.78, 5) is 17.0. The maximum atomic E-state index is 12.4. The summed E-state index contributed by atoms with van der Waals surface area (Å²) >= 11 is 0. The average Bonchev–Trinajstić information content (AvgIpc) is 2.99. The second-order valence-corrected chi connectivity index (χ2v) is 9.52. The van der Waals surface area contributed by atoms with Gasteiger partial charge in [-0.2, -0.15) is 0 Å². The van der Waals surface area contributed by atoms with Crippen molar-refractivity contribution in [2.75, 3.05) is 0 Å². The molecule has 5 heteroatoms. The van der Waals surface area contributed by atoms with Crippen LogP contribution in [-0.4, -0.2) is 32.9 Å². The quantitative estimate of drug-likeness (QED) is 0.660. The largest absolute Gasteiger partial charge is 0.460 e. The summed E-state index contributed by atoms with van der Waals surface area (Å²) in [6, 6.07) is 11.8. The van der Waals surface area contributed by atoms with E-state index in [9.17, 15) is 15.0 Å². The van der Waals surface area contributed by atoms with Crippen LogP contribution >= 0.6 is 0 Å². The number of benzene rings is 1. The van der Waals surface area contributed by atoms with Gasteiger partial charge in [-0.05, 0) is 67.4 Å². The van der Waals surface area contributed by atoms with Crippen molar-refractivity contribution < 1.29 is 19.7 Å². The van der Waals surface area contributed by atoms with Gasteiger partial charge in [-0.3, -0.25) is 4.98 Å². The molecule has 0 bridgehead atoms. The second-order valence-electron chi connectivity index (χ2n) is 9.52. The van der Waals surface area contributed by atoms with Crippen LogP contribution in [0.15, 0.2) is 48.7 Å². The molecule has 0 spiro atoms. The molecule has 1 saturated heterocycles. The lowest BCUT2D eigenvalue weighted by atomic mass is 9.59. The molecule has 1 saturated carbocycles. The van der Waals surface area contributed by atoms with E-state index in [1.165, 1.54) is 0 Å². The molecule has 1 aliphatic carbocycles. The number of ether oxygens (including phenoxy) is 1. The highest BCUT2D eigenvalue weighted by Crippen LogP contribution is 2.52. The summed E-state index contributed by atoms with van der Waals surface area (Å²) in [5.41, 5.74) is 2.30. The minimum absolute atomic E-state index is 0.0411. The number of hydrogen-bond acceptors (Lipinski definition) is 5. The van der Waals surface area contributed by atoms with Gasteiger partial charge >= 0.3 is 5.97 Å². The first-order valence-electron chi connectivity index (χ1n) is 11.6. The Kier molecular flexibility index (Phi) is 6.24. The van der Waals surface area contributed by atoms with Gasteiger partial charge in [0.2, 0.25) is 0 Å². The van der Waals surface area contributed by atoms with Gasteiger partial charge in [-0.1, -0.05) is 50.6 Å². The molecular weight excluding hydrogens is 402 g/mol. The molecule has 1 aromatic heterocycles. The topological polar surface area (TPSA) is 79.7 Å². The number of carbonyl (C=O) groups excluding carboxylic acids is 1. The summed E-state index contributed by atoms with van der Waals surface area (Å²) in [5.74, 6) is -0.0766. The third-order valence-corrected chi connectivity index (χ3v) is 7.43. The Bertz CT molecular complexity index is 999. The molecule has 0 radical (unpaired) electrons. The number of aliphatic hydroxyl groups excluding tert-OH is 1. The molecule has 2 aromatic rings. The minimum atomic E-state index is -1.40. The number of rotatable bonds is 5. The van der Waals surface area contributed by atoms with E-state index in [2.05, 4.69) is 24.9 Å². The summed E-state index contributed by atoms with van der Waals surface area (Å²) in [7, 11) is 0. The van der Waals surface area contributed by atoms with Crippen molar-refractivity contribution in [3.8, 4) is 11.1 Å². The standard InChI is InChI=1S/C27H33NO4/c1-5-23-16(2)14-27(31)25(18(4)32-26(27)30)24(23)12-11-22-10-9-21(15-28-22)20-8-6-7-19(13-20)17(3)29/h6-13,15-18,23-25,29,31H,5,14H2,1-4H3/b12-11+. The molecule has 7 atom stereocenters. The molecule has 1 aliphatic heterocycles. The van der Waals surface area contributed by atoms with E-state index in [-0.39, 0.29) is 23.9 Å². The fourth-order valence-corrected chi connectivity index (χ4v) is 5.81. The number of esters is 1. The molecular formula is C27H33NO4. The van der Waals surface area contributed by atoms with E-state index in [0.717, 1.165) is 28.8 Å². The van der Waals surface area contributed by atoms with Crippen molar-refractivity contribution in [2.24, 2.45) is 23.7 Å². The maximum Gasteiger partial charge on any atom is 0.338 e. The van der Waals surface area contributed by atoms with Gasteiger partial charge in [-0.15, -0.1) is 0 Å². The van der Waals surface area contributed by atoms with Crippen LogP contribution in [0.4, 0.5) is 0 Å². The SMILES string of the molecule is CCC1C(C)CC2(O)C(=O)OC(C)C2C1/C=C/c1ccc(-c2cccc(C(C)O)c2)cn1. The van der Waals surface area contributed by atoms with Gasteiger partial charge in [-0.25, -0.2) is 4.79 Å². The Hall–Kier alpha value is -2.50. The van der Waals surface area contributed by atoms with Crippen LogP contribution in [0.3, 0.4) is 0 Å². The van der Waals surface area contributed by atoms with E-state index in [0.29, 0.717) is 12.3 Å². The third kappa shape index (κ3) is 4.00. The molecule has 5 nitrogen and oxygen atoms in total. The van der Waals surface area contributed by atoms with Gasteiger partial charge < -0.3 is 14.9 Å². The van der Waals surface area contributed by atoms with Crippen LogP contribution in [0.25, 0.3) is 17.2 Å². The van der Waals surface area contributed by atoms with Gasteiger partial charge in [0.25, 0.3) is 0 Å². The van der Waals surface area contributed by atoms with Crippen LogP contribution in [0.1, 0.15) is 57.9 Å². The second kappa shape index (κ2) is 8.80. The number of cyclic esters (lactones) is 1. The van der Waals surface area contributed by atoms with Crippen LogP contribution in [0, 0.1) is 23.7 Å². The fourth-order valence-electron chi connectivity index (χ4n) is 5.81. The smallest absolute Gasteiger partial charge is 0.338 e. The number of aromatic nitrogens is 1. The molecule has 170 valence electrons. The average molecular weight is 436 g/mol. The highest BCUT2D eigenvalue weighted by atomic mass is 16.6. The first kappa shape index (κ1) is 22.7. The Morgan fingerprint density at radius 1 is 1.25 bits per heavy atom. The molecule has 2 N–H and O–H groups in total. The molecule has 7 unspecified atom stereocenters. The Labute approximate surface area is 190 Å². The zero-order chi connectivity index (χ0) is 23.0. The van der Waals surface area contributed by atoms with Crippen molar-refractivity contribution in [1.29, 1.82) is 0 Å². The summed E-state index contributed by atoms with van der Waals surface area (Å²) in [6.45, 7) is 7.93. The zero-order valence-corrected chi connectivity index (χ0v) is 19.2. The predicted molar refractivity (Wildman–Crippen MR) is 124 cm³/mol. The number of fused-ring (bicyclic) bond motifs is 1. The van der Waals surface area contributed by atoms with E-state index in [1.54, 1.807) is 6.92 Å². The lowest BCUT2D eigenvalue weighted by molar-refractivity contribution is -0.160. The molecule has 2 aliphatic rings. The highest BCUT2D eigenvalue weighted by Gasteiger charge is 2.62. The molecule has 2 heterocycles. The summed E-state index contributed by atoms with van der Waals surface area (Å²) in [6.07, 6.45) is 6.58. The monoisotopic (exact) mass is 435 g/mol. The van der Waals surface area contributed by atoms with Crippen LogP contribution < -0.4 is 0 Å². The molecule has 32 heavy (non-hydrogen) atoms. The Balaban J connectivity index is 1.59. The highest BCUT2D eigenvalue weighted by molar-refractivity contribution is 5.82. The van der Waals surface area contributed by atoms with Crippen molar-refractivity contribution in [2.45, 2.75) is 58.3 Å². The van der Waals surface area contributed by atoms with Crippen LogP contribution in [0.5, 0.6) is 0 Å². The van der Waals surface area contributed by atoms with Crippen LogP contribution in [0.2, 0.25) is 0 Å². The molecule has 2 fully saturated rings. The normalized spacial score (nSPS) is 33.2. The van der Waals surface area contributed by atoms with Gasteiger partial charge in [0.1, 0.15) is 6.10 Å². The Morgan fingerprint density at radius 2 is 2.03 bits per heavy atom. The third-order valence-electron chi connectivity index (χ3n) is 7.43. The number of pyridine rings is 1. The molecule has 4 rings (SSSR count). The molecule has 1 aromatic carbocycles. The Morgan fingerprint density at radius 3 is 2.69 bits per heavy atom. The van der Waals surface area contributed by atoms with Crippen molar-refractivity contribution >= 4 is 12.0 Å². The maximum absolute atomic E-state index is 12.4. The van der Waals surface area contributed by atoms with Gasteiger partial charge in [0.05, 0.1) is 11.8 Å². The van der Waals surface area contributed by atoms with Gasteiger partial charge in [0.15, 0.2) is 5.60 Å². The summed E-state index contributed by atoms with van der Waals surface area (Å²) < 4.78 is 5.47. The number of allylic oxidation sites excluding steroid dienone is 1. The van der Waals surface area contributed by atoms with E-state index in [4.69, 9.17) is 4.74 Å². The minimum Gasteiger partial charge on any atom is -0.460 e. The fraction of sp³-hybridized carbons (Fsp3) is 0.481. The lowest BCUT2D eigenvalue weighted by Gasteiger charge is -2.45. The first-order chi connectivity index (χ1) is 15.2. The zero-order valence-electron chi connectivity index (χ0n) is 19.2.